The molecule has 0 aliphatic rings. The summed E-state index contributed by atoms with van der Waals surface area (Å²) in [7, 11) is 0. The standard InChI is InChI=1S/C14H7Cl3O2/c15-9-6-10(16)12(11(17)7-9)14(19)13(18)8-4-2-1-3-5-8/h1-7H. The van der Waals surface area contributed by atoms with Gasteiger partial charge >= 0.3 is 0 Å². The molecule has 0 aromatic heterocycles. The van der Waals surface area contributed by atoms with E-state index in [0.717, 1.165) is 0 Å². The molecule has 0 unspecified atom stereocenters. The number of ketones is 2. The summed E-state index contributed by atoms with van der Waals surface area (Å²) in [5.74, 6) is -1.41. The number of hydrogen-bond donors (Lipinski definition) is 0. The van der Waals surface area contributed by atoms with Gasteiger partial charge in [0.1, 0.15) is 0 Å². The number of Topliss-reactive ketones (excluding diaryl/α,β-unsaturated/α-hetero) is 2. The molecule has 0 radical (unpaired) electrons. The summed E-state index contributed by atoms with van der Waals surface area (Å²) in [6.45, 7) is 0. The fraction of sp³-hybridized carbons (Fsp3) is 0. The van der Waals surface area contributed by atoms with Gasteiger partial charge in [-0.05, 0) is 12.1 Å². The van der Waals surface area contributed by atoms with E-state index in [9.17, 15) is 9.59 Å². The SMILES string of the molecule is O=C(C(=O)c1c(Cl)cc(Cl)cc1Cl)c1ccccc1. The quantitative estimate of drug-likeness (QED) is 0.607. The third-order valence-electron chi connectivity index (χ3n) is 2.48. The fourth-order valence-corrected chi connectivity index (χ4v) is 2.58. The first-order valence-corrected chi connectivity index (χ1v) is 6.42. The van der Waals surface area contributed by atoms with Gasteiger partial charge in [-0.15, -0.1) is 0 Å². The van der Waals surface area contributed by atoms with Crippen LogP contribution in [0.5, 0.6) is 0 Å². The van der Waals surface area contributed by atoms with Crippen molar-refractivity contribution in [2.45, 2.75) is 0 Å². The van der Waals surface area contributed by atoms with Gasteiger partial charge in [0.15, 0.2) is 0 Å². The van der Waals surface area contributed by atoms with Gasteiger partial charge in [0.25, 0.3) is 0 Å². The summed E-state index contributed by atoms with van der Waals surface area (Å²) < 4.78 is 0. The van der Waals surface area contributed by atoms with Crippen molar-refractivity contribution in [3.8, 4) is 0 Å². The van der Waals surface area contributed by atoms with Crippen LogP contribution in [-0.2, 0) is 0 Å². The molecule has 0 bridgehead atoms. The molecule has 0 aliphatic heterocycles. The van der Waals surface area contributed by atoms with Crippen LogP contribution in [0, 0.1) is 0 Å². The molecule has 2 rings (SSSR count). The molecule has 0 heterocycles. The van der Waals surface area contributed by atoms with E-state index in [1.165, 1.54) is 12.1 Å². The van der Waals surface area contributed by atoms with E-state index in [1.54, 1.807) is 30.3 Å². The van der Waals surface area contributed by atoms with Crippen LogP contribution in [0.2, 0.25) is 15.1 Å². The van der Waals surface area contributed by atoms with Crippen molar-refractivity contribution in [2.24, 2.45) is 0 Å². The molecule has 0 saturated carbocycles. The Balaban J connectivity index is 2.44. The Hall–Kier alpha value is -1.35. The van der Waals surface area contributed by atoms with Crippen LogP contribution in [0.3, 0.4) is 0 Å². The first-order valence-electron chi connectivity index (χ1n) is 5.29. The van der Waals surface area contributed by atoms with E-state index in [1.807, 2.05) is 0 Å². The van der Waals surface area contributed by atoms with Crippen LogP contribution in [0.4, 0.5) is 0 Å². The molecule has 2 aromatic carbocycles. The molecular formula is C14H7Cl3O2. The van der Waals surface area contributed by atoms with Crippen LogP contribution >= 0.6 is 34.8 Å². The Labute approximate surface area is 124 Å². The normalized spacial score (nSPS) is 10.3. The van der Waals surface area contributed by atoms with Crippen molar-refractivity contribution in [3.63, 3.8) is 0 Å². The van der Waals surface area contributed by atoms with Crippen LogP contribution < -0.4 is 0 Å². The number of rotatable bonds is 3. The molecule has 0 amide bonds. The zero-order chi connectivity index (χ0) is 14.0. The number of hydrogen-bond acceptors (Lipinski definition) is 2. The lowest BCUT2D eigenvalue weighted by Gasteiger charge is -2.06. The van der Waals surface area contributed by atoms with Gasteiger partial charge in [0, 0.05) is 10.6 Å². The van der Waals surface area contributed by atoms with Crippen LogP contribution in [0.25, 0.3) is 0 Å². The zero-order valence-electron chi connectivity index (χ0n) is 9.49. The maximum Gasteiger partial charge on any atom is 0.236 e. The largest absolute Gasteiger partial charge is 0.285 e. The van der Waals surface area contributed by atoms with E-state index in [-0.39, 0.29) is 21.2 Å². The minimum absolute atomic E-state index is 0.0263. The van der Waals surface area contributed by atoms with E-state index in [2.05, 4.69) is 0 Å². The molecular weight excluding hydrogens is 307 g/mol. The highest BCUT2D eigenvalue weighted by Gasteiger charge is 2.23. The summed E-state index contributed by atoms with van der Waals surface area (Å²) in [5, 5.41) is 0.428. The second-order valence-electron chi connectivity index (χ2n) is 3.77. The molecule has 0 saturated heterocycles. The smallest absolute Gasteiger partial charge is 0.236 e. The van der Waals surface area contributed by atoms with Crippen molar-refractivity contribution in [3.05, 3.63) is 68.7 Å². The van der Waals surface area contributed by atoms with Crippen molar-refractivity contribution < 1.29 is 9.59 Å². The summed E-state index contributed by atoms with van der Waals surface area (Å²) in [4.78, 5) is 24.2. The Morgan fingerprint density at radius 2 is 1.32 bits per heavy atom. The lowest BCUT2D eigenvalue weighted by molar-refractivity contribution is 0.0817. The highest BCUT2D eigenvalue weighted by Crippen LogP contribution is 2.30. The van der Waals surface area contributed by atoms with Gasteiger partial charge in [0.2, 0.25) is 11.6 Å². The van der Waals surface area contributed by atoms with Crippen LogP contribution in [-0.4, -0.2) is 11.6 Å². The molecule has 0 fully saturated rings. The van der Waals surface area contributed by atoms with Crippen LogP contribution in [0.1, 0.15) is 20.7 Å². The van der Waals surface area contributed by atoms with Gasteiger partial charge in [-0.1, -0.05) is 65.1 Å². The number of benzene rings is 2. The first-order chi connectivity index (χ1) is 9.00. The molecule has 0 spiro atoms. The first kappa shape index (κ1) is 14.1. The maximum absolute atomic E-state index is 12.1. The third kappa shape index (κ3) is 2.98. The monoisotopic (exact) mass is 312 g/mol. The average Bonchev–Trinajstić information content (AvgIpc) is 2.37. The van der Waals surface area contributed by atoms with E-state index in [0.29, 0.717) is 5.02 Å². The number of carbonyl (C=O) groups is 2. The van der Waals surface area contributed by atoms with Crippen molar-refractivity contribution >= 4 is 46.4 Å². The summed E-state index contributed by atoms with van der Waals surface area (Å²) >= 11 is 17.6. The summed E-state index contributed by atoms with van der Waals surface area (Å²) in [6.07, 6.45) is 0. The van der Waals surface area contributed by atoms with Gasteiger partial charge in [0.05, 0.1) is 15.6 Å². The second kappa shape index (κ2) is 5.74. The molecule has 2 aromatic rings. The van der Waals surface area contributed by atoms with E-state index in [4.69, 9.17) is 34.8 Å². The molecule has 19 heavy (non-hydrogen) atoms. The van der Waals surface area contributed by atoms with Crippen molar-refractivity contribution in [1.29, 1.82) is 0 Å². The molecule has 0 N–H and O–H groups in total. The van der Waals surface area contributed by atoms with Crippen molar-refractivity contribution in [1.82, 2.24) is 0 Å². The third-order valence-corrected chi connectivity index (χ3v) is 3.29. The number of halogens is 3. The van der Waals surface area contributed by atoms with Gasteiger partial charge in [-0.2, -0.15) is 0 Å². The van der Waals surface area contributed by atoms with Crippen molar-refractivity contribution in [2.75, 3.05) is 0 Å². The van der Waals surface area contributed by atoms with Gasteiger partial charge in [-0.25, -0.2) is 0 Å². The summed E-state index contributed by atoms with van der Waals surface area (Å²) in [6, 6.07) is 11.0. The minimum atomic E-state index is -0.752. The molecule has 5 heteroatoms. The zero-order valence-corrected chi connectivity index (χ0v) is 11.8. The second-order valence-corrected chi connectivity index (χ2v) is 5.02. The lowest BCUT2D eigenvalue weighted by atomic mass is 10.0. The number of carbonyl (C=O) groups excluding carboxylic acids is 2. The average molecular weight is 314 g/mol. The predicted molar refractivity (Wildman–Crippen MR) is 76.6 cm³/mol. The Kier molecular flexibility index (Phi) is 4.25. The Bertz CT molecular complexity index is 628. The molecule has 0 atom stereocenters. The Morgan fingerprint density at radius 3 is 1.84 bits per heavy atom. The lowest BCUT2D eigenvalue weighted by Crippen LogP contribution is -2.15. The molecule has 0 aliphatic carbocycles. The molecule has 96 valence electrons. The topological polar surface area (TPSA) is 34.1 Å². The molecule has 2 nitrogen and oxygen atoms in total. The Morgan fingerprint density at radius 1 is 0.789 bits per heavy atom. The fourth-order valence-electron chi connectivity index (χ4n) is 1.59. The van der Waals surface area contributed by atoms with Gasteiger partial charge in [-0.3, -0.25) is 9.59 Å². The summed E-state index contributed by atoms with van der Waals surface area (Å²) in [5.41, 5.74) is 0.260. The van der Waals surface area contributed by atoms with Crippen LogP contribution in [0.15, 0.2) is 42.5 Å². The minimum Gasteiger partial charge on any atom is -0.285 e. The maximum atomic E-state index is 12.1. The highest BCUT2D eigenvalue weighted by atomic mass is 35.5. The van der Waals surface area contributed by atoms with E-state index < -0.39 is 11.6 Å². The predicted octanol–water partition coefficient (Wildman–Crippen LogP) is 4.71. The van der Waals surface area contributed by atoms with Gasteiger partial charge < -0.3 is 0 Å². The highest BCUT2D eigenvalue weighted by molar-refractivity contribution is 6.55. The van der Waals surface area contributed by atoms with E-state index >= 15 is 0 Å².